The van der Waals surface area contributed by atoms with Crippen LogP contribution in [-0.2, 0) is 27.6 Å². The molecule has 0 radical (unpaired) electrons. The van der Waals surface area contributed by atoms with Gasteiger partial charge in [0.05, 0.1) is 18.1 Å². The highest BCUT2D eigenvalue weighted by Crippen LogP contribution is 2.27. The number of aryl methyl sites for hydroxylation is 1. The molecule has 1 aromatic heterocycles. The fraction of sp³-hybridized carbons (Fsp3) is 0.842. The summed E-state index contributed by atoms with van der Waals surface area (Å²) in [6, 6.07) is 0. The van der Waals surface area contributed by atoms with Crippen LogP contribution in [0.2, 0.25) is 0 Å². The molecule has 2 unspecified atom stereocenters. The zero-order valence-electron chi connectivity index (χ0n) is 16.5. The van der Waals surface area contributed by atoms with Gasteiger partial charge in [-0.2, -0.15) is 0 Å². The van der Waals surface area contributed by atoms with Gasteiger partial charge < -0.3 is 9.88 Å². The third-order valence-corrected chi connectivity index (χ3v) is 8.13. The summed E-state index contributed by atoms with van der Waals surface area (Å²) >= 11 is 0. The third kappa shape index (κ3) is 4.74. The maximum absolute atomic E-state index is 12.4. The van der Waals surface area contributed by atoms with Crippen LogP contribution in [0.25, 0.3) is 0 Å². The summed E-state index contributed by atoms with van der Waals surface area (Å²) in [6.07, 6.45) is 7.46. The lowest BCUT2D eigenvalue weighted by molar-refractivity contribution is -0.122. The molecule has 2 atom stereocenters. The highest BCUT2D eigenvalue weighted by atomic mass is 32.2. The SMILES string of the molecule is O=C(CN1CCCC(c2nnc3n2CCCCC3)C1)NCC1CCS(=O)(=O)C1. The molecule has 0 saturated carbocycles. The van der Waals surface area contributed by atoms with E-state index in [-0.39, 0.29) is 23.3 Å². The Morgan fingerprint density at radius 2 is 2.00 bits per heavy atom. The van der Waals surface area contributed by atoms with E-state index in [0.717, 1.165) is 50.5 Å². The number of hydrogen-bond acceptors (Lipinski definition) is 6. The van der Waals surface area contributed by atoms with Gasteiger partial charge in [0.1, 0.15) is 11.6 Å². The van der Waals surface area contributed by atoms with E-state index in [1.807, 2.05) is 0 Å². The van der Waals surface area contributed by atoms with Gasteiger partial charge in [0.2, 0.25) is 5.91 Å². The van der Waals surface area contributed by atoms with Crippen LogP contribution >= 0.6 is 0 Å². The van der Waals surface area contributed by atoms with Crippen LogP contribution in [0.4, 0.5) is 0 Å². The second-order valence-corrected chi connectivity index (χ2v) is 10.8. The molecule has 0 spiro atoms. The molecule has 156 valence electrons. The normalized spacial score (nSPS) is 27.9. The van der Waals surface area contributed by atoms with Gasteiger partial charge in [-0.05, 0) is 44.6 Å². The molecule has 0 aromatic carbocycles. The Bertz CT molecular complexity index is 806. The molecule has 2 fully saturated rings. The van der Waals surface area contributed by atoms with Crippen molar-refractivity contribution in [3.8, 4) is 0 Å². The van der Waals surface area contributed by atoms with Crippen LogP contribution in [-0.4, -0.2) is 71.7 Å². The predicted molar refractivity (Wildman–Crippen MR) is 106 cm³/mol. The smallest absolute Gasteiger partial charge is 0.234 e. The fourth-order valence-corrected chi connectivity index (χ4v) is 6.63. The summed E-state index contributed by atoms with van der Waals surface area (Å²) in [6.45, 7) is 3.61. The number of carbonyl (C=O) groups excluding carboxylic acids is 1. The first-order valence-electron chi connectivity index (χ1n) is 10.6. The largest absolute Gasteiger partial charge is 0.355 e. The molecule has 4 rings (SSSR count). The molecule has 0 aliphatic carbocycles. The number of aromatic nitrogens is 3. The van der Waals surface area contributed by atoms with E-state index >= 15 is 0 Å². The highest BCUT2D eigenvalue weighted by Gasteiger charge is 2.30. The van der Waals surface area contributed by atoms with Gasteiger partial charge in [-0.1, -0.05) is 6.42 Å². The summed E-state index contributed by atoms with van der Waals surface area (Å²) in [5, 5.41) is 11.9. The van der Waals surface area contributed by atoms with Crippen molar-refractivity contribution in [1.29, 1.82) is 0 Å². The summed E-state index contributed by atoms with van der Waals surface area (Å²) in [4.78, 5) is 14.6. The van der Waals surface area contributed by atoms with Crippen LogP contribution in [0, 0.1) is 5.92 Å². The van der Waals surface area contributed by atoms with Crippen LogP contribution in [0.1, 0.15) is 56.1 Å². The van der Waals surface area contributed by atoms with Crippen molar-refractivity contribution in [1.82, 2.24) is 25.0 Å². The first-order valence-corrected chi connectivity index (χ1v) is 12.4. The van der Waals surface area contributed by atoms with E-state index < -0.39 is 9.84 Å². The number of rotatable bonds is 5. The quantitative estimate of drug-likeness (QED) is 0.770. The van der Waals surface area contributed by atoms with Crippen molar-refractivity contribution in [2.24, 2.45) is 5.92 Å². The predicted octanol–water partition coefficient (Wildman–Crippen LogP) is 0.735. The van der Waals surface area contributed by atoms with Crippen molar-refractivity contribution >= 4 is 15.7 Å². The average Bonchev–Trinajstić information content (AvgIpc) is 3.14. The lowest BCUT2D eigenvalue weighted by atomic mass is 9.97. The molecular weight excluding hydrogens is 378 g/mol. The fourth-order valence-electron chi connectivity index (χ4n) is 4.77. The Labute approximate surface area is 167 Å². The van der Waals surface area contributed by atoms with E-state index in [0.29, 0.717) is 25.4 Å². The number of hydrogen-bond donors (Lipinski definition) is 1. The second-order valence-electron chi connectivity index (χ2n) is 8.58. The van der Waals surface area contributed by atoms with Gasteiger partial charge >= 0.3 is 0 Å². The third-order valence-electron chi connectivity index (χ3n) is 6.29. The number of nitrogens with one attached hydrogen (secondary N) is 1. The Morgan fingerprint density at radius 1 is 1.11 bits per heavy atom. The number of nitrogens with zero attached hydrogens (tertiary/aromatic N) is 4. The van der Waals surface area contributed by atoms with Gasteiger partial charge in [-0.3, -0.25) is 9.69 Å². The van der Waals surface area contributed by atoms with Crippen molar-refractivity contribution in [3.05, 3.63) is 11.6 Å². The van der Waals surface area contributed by atoms with Crippen LogP contribution in [0.15, 0.2) is 0 Å². The van der Waals surface area contributed by atoms with Gasteiger partial charge in [0.15, 0.2) is 9.84 Å². The summed E-state index contributed by atoms with van der Waals surface area (Å²) in [5.74, 6) is 3.06. The van der Waals surface area contributed by atoms with Crippen LogP contribution < -0.4 is 5.32 Å². The molecule has 1 aromatic rings. The molecule has 2 saturated heterocycles. The lowest BCUT2D eigenvalue weighted by Gasteiger charge is -2.32. The number of likely N-dealkylation sites (tertiary alicyclic amines) is 1. The van der Waals surface area contributed by atoms with Gasteiger partial charge in [-0.25, -0.2) is 8.42 Å². The standard InChI is InChI=1S/C19H31N5O3S/c25-18(20-11-15-7-10-28(26,27)14-15)13-23-8-4-5-16(12-23)19-22-21-17-6-2-1-3-9-24(17)19/h15-16H,1-14H2,(H,20,25). The van der Waals surface area contributed by atoms with Crippen molar-refractivity contribution in [2.75, 3.05) is 37.7 Å². The zero-order chi connectivity index (χ0) is 19.6. The average molecular weight is 410 g/mol. The Kier molecular flexibility index (Phi) is 6.01. The van der Waals surface area contributed by atoms with Crippen LogP contribution in [0.3, 0.4) is 0 Å². The number of sulfone groups is 1. The molecule has 3 aliphatic rings. The molecule has 4 heterocycles. The Balaban J connectivity index is 1.29. The van der Waals surface area contributed by atoms with E-state index in [9.17, 15) is 13.2 Å². The first kappa shape index (κ1) is 19.8. The summed E-state index contributed by atoms with van der Waals surface area (Å²) < 4.78 is 25.4. The topological polar surface area (TPSA) is 97.2 Å². The molecule has 3 aliphatic heterocycles. The minimum atomic E-state index is -2.89. The maximum atomic E-state index is 12.4. The van der Waals surface area contributed by atoms with E-state index in [1.165, 1.54) is 19.3 Å². The van der Waals surface area contributed by atoms with Crippen molar-refractivity contribution in [3.63, 3.8) is 0 Å². The lowest BCUT2D eigenvalue weighted by Crippen LogP contribution is -2.43. The number of piperidine rings is 1. The number of fused-ring (bicyclic) bond motifs is 1. The van der Waals surface area contributed by atoms with Gasteiger partial charge in [0.25, 0.3) is 0 Å². The van der Waals surface area contributed by atoms with Gasteiger partial charge in [0, 0.05) is 32.0 Å². The summed E-state index contributed by atoms with van der Waals surface area (Å²) in [7, 11) is -2.89. The van der Waals surface area contributed by atoms with E-state index in [4.69, 9.17) is 0 Å². The number of carbonyl (C=O) groups is 1. The monoisotopic (exact) mass is 409 g/mol. The van der Waals surface area contributed by atoms with Crippen molar-refractivity contribution in [2.45, 2.75) is 57.4 Å². The first-order chi connectivity index (χ1) is 13.5. The molecule has 0 bridgehead atoms. The zero-order valence-corrected chi connectivity index (χ0v) is 17.3. The molecule has 28 heavy (non-hydrogen) atoms. The highest BCUT2D eigenvalue weighted by molar-refractivity contribution is 7.91. The van der Waals surface area contributed by atoms with E-state index in [2.05, 4.69) is 25.0 Å². The second kappa shape index (κ2) is 8.49. The van der Waals surface area contributed by atoms with Crippen LogP contribution in [0.5, 0.6) is 0 Å². The molecular formula is C19H31N5O3S. The Hall–Kier alpha value is -1.48. The summed E-state index contributed by atoms with van der Waals surface area (Å²) in [5.41, 5.74) is 0. The molecule has 1 amide bonds. The van der Waals surface area contributed by atoms with Crippen molar-refractivity contribution < 1.29 is 13.2 Å². The maximum Gasteiger partial charge on any atom is 0.234 e. The van der Waals surface area contributed by atoms with E-state index in [1.54, 1.807) is 0 Å². The molecule has 8 nitrogen and oxygen atoms in total. The number of amides is 1. The molecule has 9 heteroatoms. The van der Waals surface area contributed by atoms with Gasteiger partial charge in [-0.15, -0.1) is 10.2 Å². The minimum absolute atomic E-state index is 0.00924. The Morgan fingerprint density at radius 3 is 2.82 bits per heavy atom. The minimum Gasteiger partial charge on any atom is -0.355 e. The molecule has 1 N–H and O–H groups in total.